The molecule has 4 aromatic carbocycles. The molecule has 1 atom stereocenters. The molecule has 1 unspecified atom stereocenters. The quantitative estimate of drug-likeness (QED) is 0.157. The predicted octanol–water partition coefficient (Wildman–Crippen LogP) is 8.87. The molecule has 0 spiro atoms. The Morgan fingerprint density at radius 3 is 2.20 bits per heavy atom. The van der Waals surface area contributed by atoms with Crippen LogP contribution in [-0.4, -0.2) is 16.4 Å². The Kier molecular flexibility index (Phi) is 8.74. The zero-order valence-corrected chi connectivity index (χ0v) is 26.1. The van der Waals surface area contributed by atoms with Crippen LogP contribution in [0.1, 0.15) is 22.1 Å². The van der Waals surface area contributed by atoms with Crippen LogP contribution in [0, 0.1) is 39.6 Å². The summed E-state index contributed by atoms with van der Waals surface area (Å²) in [4.78, 5) is 9.79. The third-order valence-electron chi connectivity index (χ3n) is 7.10. The Bertz CT molecular complexity index is 1590. The molecule has 1 aliphatic heterocycles. The number of hydrogen-bond acceptors (Lipinski definition) is 3. The number of aryl methyl sites for hydroxylation is 3. The van der Waals surface area contributed by atoms with Gasteiger partial charge in [0.15, 0.2) is 0 Å². The molecular formula is C35H31N3PPt-3. The standard InChI is InChI=1S/C35H31N3P.Pt/c1-26-23-27(2)33(28(3)24-26)35-34(29-13-7-4-8-14-29)36-32(39(35)31-17-11-6-12-18-31)19-20-37-21-22-38(25-37)30-15-9-5-10-16-30;/h4-13,15,17-18,21-25H,19-20H2,1-3H3;/q-3;. The van der Waals surface area contributed by atoms with Crippen LogP contribution in [0.15, 0.2) is 103 Å². The maximum Gasteiger partial charge on any atom is 0.0546 e. The van der Waals surface area contributed by atoms with Crippen LogP contribution in [0.3, 0.4) is 0 Å². The second-order valence-electron chi connectivity index (χ2n) is 10.0. The van der Waals surface area contributed by atoms with Crippen LogP contribution >= 0.6 is 7.53 Å². The summed E-state index contributed by atoms with van der Waals surface area (Å²) in [7, 11) is -0.798. The van der Waals surface area contributed by atoms with Crippen molar-refractivity contribution in [3.8, 4) is 27.4 Å². The zero-order chi connectivity index (χ0) is 26.8. The van der Waals surface area contributed by atoms with Crippen molar-refractivity contribution in [2.75, 3.05) is 11.4 Å². The molecule has 1 aliphatic rings. The molecule has 2 heterocycles. The third kappa shape index (κ3) is 5.73. The Hall–Kier alpha value is -3.38. The molecular weight excluding hydrogens is 688 g/mol. The summed E-state index contributed by atoms with van der Waals surface area (Å²) < 4.78 is 0. The van der Waals surface area contributed by atoms with E-state index in [-0.39, 0.29) is 21.1 Å². The summed E-state index contributed by atoms with van der Waals surface area (Å²) in [6.45, 7) is 9.65. The van der Waals surface area contributed by atoms with Crippen LogP contribution in [0.2, 0.25) is 0 Å². The van der Waals surface area contributed by atoms with E-state index < -0.39 is 7.53 Å². The summed E-state index contributed by atoms with van der Waals surface area (Å²) in [5.41, 5.74) is 9.66. The fourth-order valence-electron chi connectivity index (χ4n) is 5.44. The summed E-state index contributed by atoms with van der Waals surface area (Å²) in [6, 6.07) is 38.6. The Morgan fingerprint density at radius 2 is 1.52 bits per heavy atom. The molecule has 40 heavy (non-hydrogen) atoms. The first-order chi connectivity index (χ1) is 19.1. The first-order valence-corrected chi connectivity index (χ1v) is 14.7. The van der Waals surface area contributed by atoms with Crippen molar-refractivity contribution >= 4 is 13.2 Å². The maximum absolute atomic E-state index is 5.43. The second kappa shape index (κ2) is 12.4. The van der Waals surface area contributed by atoms with E-state index >= 15 is 0 Å². The van der Waals surface area contributed by atoms with Gasteiger partial charge in [-0.05, 0) is 67.0 Å². The molecule has 0 amide bonds. The van der Waals surface area contributed by atoms with Gasteiger partial charge >= 0.3 is 0 Å². The van der Waals surface area contributed by atoms with Crippen LogP contribution in [-0.2, 0) is 27.5 Å². The van der Waals surface area contributed by atoms with E-state index in [0.717, 1.165) is 29.9 Å². The molecule has 0 aliphatic carbocycles. The molecule has 0 fully saturated rings. The number of rotatable bonds is 7. The van der Waals surface area contributed by atoms with Crippen molar-refractivity contribution < 1.29 is 21.1 Å². The van der Waals surface area contributed by atoms with Crippen LogP contribution in [0.25, 0.3) is 27.4 Å². The minimum Gasteiger partial charge on any atom is -0.508 e. The Labute approximate surface area is 253 Å². The molecule has 3 nitrogen and oxygen atoms in total. The van der Waals surface area contributed by atoms with Gasteiger partial charge < -0.3 is 9.80 Å². The van der Waals surface area contributed by atoms with E-state index in [0.29, 0.717) is 0 Å². The number of hydrogen-bond donors (Lipinski definition) is 0. The fraction of sp³-hybridized carbons (Fsp3) is 0.143. The monoisotopic (exact) mass is 719 g/mol. The smallest absolute Gasteiger partial charge is 0.0546 e. The predicted molar refractivity (Wildman–Crippen MR) is 164 cm³/mol. The minimum atomic E-state index is -0.798. The van der Waals surface area contributed by atoms with Gasteiger partial charge in [0.1, 0.15) is 0 Å². The fourth-order valence-corrected chi connectivity index (χ4v) is 8.21. The van der Waals surface area contributed by atoms with Crippen molar-refractivity contribution in [2.24, 2.45) is 0 Å². The maximum atomic E-state index is 5.43. The molecule has 0 saturated heterocycles. The first-order valence-electron chi connectivity index (χ1n) is 13.3. The SMILES string of the molecule is Cc1cc(C)c(-c2c(-c3[c-]cccc3)nc(CCN3C=CN(c4[c-]cccc4)[CH-]3)p2-c2ccccc2)c(C)c1.[Pt]. The number of benzene rings is 4. The molecule has 0 radical (unpaired) electrons. The zero-order valence-electron chi connectivity index (χ0n) is 22.9. The van der Waals surface area contributed by atoms with Crippen LogP contribution in [0.4, 0.5) is 5.69 Å². The third-order valence-corrected chi connectivity index (χ3v) is 9.63. The van der Waals surface area contributed by atoms with Gasteiger partial charge in [0.25, 0.3) is 0 Å². The molecule has 0 bridgehead atoms. The van der Waals surface area contributed by atoms with Crippen LogP contribution < -0.4 is 4.90 Å². The van der Waals surface area contributed by atoms with Gasteiger partial charge in [-0.1, -0.05) is 55.6 Å². The number of nitrogens with zero attached hydrogens (tertiary/aromatic N) is 3. The number of aromatic nitrogens is 1. The molecule has 1 aromatic heterocycles. The van der Waals surface area contributed by atoms with Crippen molar-refractivity contribution in [3.63, 3.8) is 0 Å². The molecule has 6 rings (SSSR count). The van der Waals surface area contributed by atoms with E-state index in [1.165, 1.54) is 38.3 Å². The van der Waals surface area contributed by atoms with Gasteiger partial charge in [0, 0.05) is 33.2 Å². The summed E-state index contributed by atoms with van der Waals surface area (Å²) in [6.07, 6.45) is 5.10. The van der Waals surface area contributed by atoms with E-state index in [4.69, 9.17) is 4.98 Å². The summed E-state index contributed by atoms with van der Waals surface area (Å²) in [5, 5.41) is 2.69. The normalized spacial score (nSPS) is 13.0. The molecule has 204 valence electrons. The average Bonchev–Trinajstić information content (AvgIpc) is 3.58. The molecule has 5 heteroatoms. The van der Waals surface area contributed by atoms with Gasteiger partial charge in [-0.25, -0.2) is 0 Å². The van der Waals surface area contributed by atoms with Crippen LogP contribution in [0.5, 0.6) is 0 Å². The molecule has 0 saturated carbocycles. The van der Waals surface area contributed by atoms with Crippen molar-refractivity contribution in [2.45, 2.75) is 27.2 Å². The van der Waals surface area contributed by atoms with Gasteiger partial charge in [-0.15, -0.1) is 41.6 Å². The van der Waals surface area contributed by atoms with E-state index in [9.17, 15) is 0 Å². The Balaban J connectivity index is 0.00000323. The second-order valence-corrected chi connectivity index (χ2v) is 12.2. The van der Waals surface area contributed by atoms with Gasteiger partial charge in [0.2, 0.25) is 0 Å². The van der Waals surface area contributed by atoms with E-state index in [1.807, 2.05) is 30.3 Å². The summed E-state index contributed by atoms with van der Waals surface area (Å²) >= 11 is 0. The van der Waals surface area contributed by atoms with Gasteiger partial charge in [-0.3, -0.25) is 4.98 Å². The summed E-state index contributed by atoms with van der Waals surface area (Å²) in [5.74, 6) is 0. The van der Waals surface area contributed by atoms with E-state index in [1.54, 1.807) is 0 Å². The van der Waals surface area contributed by atoms with Crippen molar-refractivity contribution in [1.29, 1.82) is 0 Å². The van der Waals surface area contributed by atoms with Crippen molar-refractivity contribution in [1.82, 2.24) is 9.88 Å². The first kappa shape index (κ1) is 28.2. The van der Waals surface area contributed by atoms with Gasteiger partial charge in [-0.2, -0.15) is 37.0 Å². The topological polar surface area (TPSA) is 19.4 Å². The number of anilines is 1. The van der Waals surface area contributed by atoms with E-state index in [2.05, 4.69) is 122 Å². The number of para-hydroxylation sites is 1. The molecule has 0 N–H and O–H groups in total. The van der Waals surface area contributed by atoms with Gasteiger partial charge in [0.05, 0.1) is 5.43 Å². The van der Waals surface area contributed by atoms with Crippen molar-refractivity contribution in [3.05, 3.63) is 144 Å². The molecule has 5 aromatic rings. The largest absolute Gasteiger partial charge is 0.508 e. The average molecular weight is 720 g/mol. The minimum absolute atomic E-state index is 0. The Morgan fingerprint density at radius 1 is 0.825 bits per heavy atom.